The first-order chi connectivity index (χ1) is 14.6. The van der Waals surface area contributed by atoms with Gasteiger partial charge >= 0.3 is 0 Å². The fourth-order valence-corrected chi connectivity index (χ4v) is 4.63. The van der Waals surface area contributed by atoms with Crippen LogP contribution >= 0.6 is 0 Å². The van der Waals surface area contributed by atoms with E-state index in [0.717, 1.165) is 47.2 Å². The summed E-state index contributed by atoms with van der Waals surface area (Å²) in [5.41, 5.74) is 9.72. The molecule has 30 heavy (non-hydrogen) atoms. The minimum absolute atomic E-state index is 0.0414. The number of amides is 1. The van der Waals surface area contributed by atoms with Gasteiger partial charge < -0.3 is 20.3 Å². The molecule has 1 aromatic heterocycles. The Morgan fingerprint density at radius 3 is 2.73 bits per heavy atom. The summed E-state index contributed by atoms with van der Waals surface area (Å²) in [5, 5.41) is 9.18. The van der Waals surface area contributed by atoms with Crippen molar-refractivity contribution in [2.75, 3.05) is 11.5 Å². The van der Waals surface area contributed by atoms with Crippen LogP contribution in [0.4, 0.5) is 10.1 Å². The molecule has 156 valence electrons. The van der Waals surface area contributed by atoms with Gasteiger partial charge in [0.15, 0.2) is 0 Å². The predicted molar refractivity (Wildman–Crippen MR) is 112 cm³/mol. The van der Waals surface area contributed by atoms with Crippen molar-refractivity contribution in [1.82, 2.24) is 9.55 Å². The molecule has 5 rings (SSSR count). The summed E-state index contributed by atoms with van der Waals surface area (Å²) in [6.07, 6.45) is 3.12. The van der Waals surface area contributed by atoms with E-state index in [1.54, 1.807) is 11.0 Å². The Morgan fingerprint density at radius 1 is 1.17 bits per heavy atom. The van der Waals surface area contributed by atoms with Gasteiger partial charge in [0.05, 0.1) is 28.7 Å². The standard InChI is InChI=1S/C23H25FN4O2/c24-16-4-5-17-20(12-16)28(22(30)23(17)7-8-23)14-21-26-18-11-15(13-25)3-6-19(18)27(21)9-1-2-10-29/h3-6,11-12,29H,1-2,7-10,13-14,25H2. The third-order valence-electron chi connectivity index (χ3n) is 6.39. The van der Waals surface area contributed by atoms with Crippen LogP contribution in [0.3, 0.4) is 0 Å². The van der Waals surface area contributed by atoms with Gasteiger partial charge in [0, 0.05) is 19.7 Å². The van der Waals surface area contributed by atoms with Crippen LogP contribution < -0.4 is 10.6 Å². The fourth-order valence-electron chi connectivity index (χ4n) is 4.63. The van der Waals surface area contributed by atoms with E-state index in [-0.39, 0.29) is 18.3 Å². The van der Waals surface area contributed by atoms with E-state index in [1.165, 1.54) is 12.1 Å². The number of aliphatic hydroxyl groups is 1. The number of hydrogen-bond donors (Lipinski definition) is 2. The summed E-state index contributed by atoms with van der Waals surface area (Å²) in [4.78, 5) is 19.8. The largest absolute Gasteiger partial charge is 0.396 e. The normalized spacial score (nSPS) is 16.6. The molecule has 6 nitrogen and oxygen atoms in total. The van der Waals surface area contributed by atoms with Crippen molar-refractivity contribution in [3.63, 3.8) is 0 Å². The molecule has 1 aliphatic carbocycles. The molecule has 1 aliphatic heterocycles. The van der Waals surface area contributed by atoms with Gasteiger partial charge in [0.1, 0.15) is 11.6 Å². The first-order valence-electron chi connectivity index (χ1n) is 10.5. The molecule has 0 unspecified atom stereocenters. The first-order valence-corrected chi connectivity index (χ1v) is 10.5. The highest BCUT2D eigenvalue weighted by Crippen LogP contribution is 2.57. The highest BCUT2D eigenvalue weighted by molar-refractivity contribution is 6.10. The number of fused-ring (bicyclic) bond motifs is 3. The number of carbonyl (C=O) groups excluding carboxylic acids is 1. The molecule has 2 heterocycles. The molecule has 1 fully saturated rings. The molecule has 0 saturated heterocycles. The quantitative estimate of drug-likeness (QED) is 0.589. The van der Waals surface area contributed by atoms with E-state index in [9.17, 15) is 14.3 Å². The van der Waals surface area contributed by atoms with Crippen molar-refractivity contribution in [2.45, 2.75) is 50.7 Å². The minimum atomic E-state index is -0.469. The molecule has 7 heteroatoms. The van der Waals surface area contributed by atoms with Crippen molar-refractivity contribution in [1.29, 1.82) is 0 Å². The molecule has 0 radical (unpaired) electrons. The Hall–Kier alpha value is -2.77. The lowest BCUT2D eigenvalue weighted by atomic mass is 9.98. The second kappa shape index (κ2) is 7.18. The van der Waals surface area contributed by atoms with E-state index in [2.05, 4.69) is 4.57 Å². The van der Waals surface area contributed by atoms with Gasteiger partial charge in [-0.3, -0.25) is 4.79 Å². The van der Waals surface area contributed by atoms with E-state index >= 15 is 0 Å². The summed E-state index contributed by atoms with van der Waals surface area (Å²) in [6, 6.07) is 10.6. The smallest absolute Gasteiger partial charge is 0.238 e. The molecule has 3 aromatic rings. The molecule has 0 atom stereocenters. The SMILES string of the molecule is NCc1ccc2c(c1)nc(CN1C(=O)C3(CC3)c3ccc(F)cc31)n2CCCCO. The van der Waals surface area contributed by atoms with Crippen molar-refractivity contribution in [3.8, 4) is 0 Å². The lowest BCUT2D eigenvalue weighted by molar-refractivity contribution is -0.120. The highest BCUT2D eigenvalue weighted by Gasteiger charge is 2.59. The van der Waals surface area contributed by atoms with Crippen LogP contribution in [0, 0.1) is 5.82 Å². The molecular weight excluding hydrogens is 383 g/mol. The fraction of sp³-hybridized carbons (Fsp3) is 0.391. The van der Waals surface area contributed by atoms with Gasteiger partial charge in [-0.25, -0.2) is 9.37 Å². The number of hydrogen-bond acceptors (Lipinski definition) is 4. The number of aliphatic hydroxyl groups excluding tert-OH is 1. The van der Waals surface area contributed by atoms with Crippen LogP contribution in [-0.4, -0.2) is 27.2 Å². The van der Waals surface area contributed by atoms with Gasteiger partial charge in [0.25, 0.3) is 0 Å². The average molecular weight is 408 g/mol. The average Bonchev–Trinajstić information content (AvgIpc) is 3.44. The van der Waals surface area contributed by atoms with Gasteiger partial charge in [-0.15, -0.1) is 0 Å². The summed E-state index contributed by atoms with van der Waals surface area (Å²) in [6.45, 7) is 1.56. The van der Waals surface area contributed by atoms with Crippen LogP contribution in [0.1, 0.15) is 42.6 Å². The number of rotatable bonds is 7. The van der Waals surface area contributed by atoms with Crippen molar-refractivity contribution in [2.24, 2.45) is 5.73 Å². The van der Waals surface area contributed by atoms with E-state index < -0.39 is 5.41 Å². The molecule has 2 aromatic carbocycles. The molecule has 1 amide bonds. The lowest BCUT2D eigenvalue weighted by Gasteiger charge is -2.19. The van der Waals surface area contributed by atoms with Crippen LogP contribution in [0.2, 0.25) is 0 Å². The van der Waals surface area contributed by atoms with Crippen molar-refractivity contribution < 1.29 is 14.3 Å². The maximum Gasteiger partial charge on any atom is 0.238 e. The van der Waals surface area contributed by atoms with Crippen LogP contribution in [0.25, 0.3) is 11.0 Å². The number of anilines is 1. The van der Waals surface area contributed by atoms with Gasteiger partial charge in [0.2, 0.25) is 5.91 Å². The number of imidazole rings is 1. The number of aromatic nitrogens is 2. The van der Waals surface area contributed by atoms with Gasteiger partial charge in [-0.1, -0.05) is 12.1 Å². The van der Waals surface area contributed by atoms with Crippen LogP contribution in [0.5, 0.6) is 0 Å². The van der Waals surface area contributed by atoms with Crippen molar-refractivity contribution >= 4 is 22.6 Å². The van der Waals surface area contributed by atoms with E-state index in [1.807, 2.05) is 18.2 Å². The lowest BCUT2D eigenvalue weighted by Crippen LogP contribution is -2.32. The Kier molecular flexibility index (Phi) is 4.60. The molecule has 3 N–H and O–H groups in total. The Balaban J connectivity index is 1.55. The van der Waals surface area contributed by atoms with E-state index in [0.29, 0.717) is 31.7 Å². The monoisotopic (exact) mass is 408 g/mol. The number of carbonyl (C=O) groups is 1. The number of benzene rings is 2. The Morgan fingerprint density at radius 2 is 2.00 bits per heavy atom. The molecule has 2 aliphatic rings. The first kappa shape index (κ1) is 19.2. The molecular formula is C23H25FN4O2. The highest BCUT2D eigenvalue weighted by atomic mass is 19.1. The summed E-state index contributed by atoms with van der Waals surface area (Å²) >= 11 is 0. The van der Waals surface area contributed by atoms with E-state index in [4.69, 9.17) is 10.7 Å². The summed E-state index contributed by atoms with van der Waals surface area (Å²) < 4.78 is 16.1. The molecule has 1 spiro atoms. The summed E-state index contributed by atoms with van der Waals surface area (Å²) in [7, 11) is 0. The number of nitrogens with zero attached hydrogens (tertiary/aromatic N) is 3. The zero-order valence-corrected chi connectivity index (χ0v) is 16.8. The second-order valence-corrected chi connectivity index (χ2v) is 8.27. The number of nitrogens with two attached hydrogens (primary N) is 1. The predicted octanol–water partition coefficient (Wildman–Crippen LogP) is 2.99. The summed E-state index contributed by atoms with van der Waals surface area (Å²) in [5.74, 6) is 0.464. The van der Waals surface area contributed by atoms with Crippen molar-refractivity contribution in [3.05, 3.63) is 59.2 Å². The topological polar surface area (TPSA) is 84.4 Å². The van der Waals surface area contributed by atoms with Crippen LogP contribution in [0.15, 0.2) is 36.4 Å². The molecule has 0 bridgehead atoms. The van der Waals surface area contributed by atoms with Gasteiger partial charge in [-0.05, 0) is 61.1 Å². The Labute approximate surface area is 174 Å². The minimum Gasteiger partial charge on any atom is -0.396 e. The van der Waals surface area contributed by atoms with Crippen LogP contribution in [-0.2, 0) is 29.8 Å². The number of aryl methyl sites for hydroxylation is 1. The zero-order valence-electron chi connectivity index (χ0n) is 16.8. The van der Waals surface area contributed by atoms with Gasteiger partial charge in [-0.2, -0.15) is 0 Å². The maximum atomic E-state index is 14.0. The third-order valence-corrected chi connectivity index (χ3v) is 6.39. The zero-order chi connectivity index (χ0) is 20.9. The number of unbranched alkanes of at least 4 members (excludes halogenated alkanes) is 1. The maximum absolute atomic E-state index is 14.0. The second-order valence-electron chi connectivity index (χ2n) is 8.27. The molecule has 1 saturated carbocycles. The third kappa shape index (κ3) is 2.92. The number of halogens is 1. The Bertz CT molecular complexity index is 1140.